The molecule has 0 spiro atoms. The van der Waals surface area contributed by atoms with Crippen LogP contribution < -0.4 is 5.73 Å². The van der Waals surface area contributed by atoms with Crippen molar-refractivity contribution in [2.75, 3.05) is 5.73 Å². The van der Waals surface area contributed by atoms with E-state index in [4.69, 9.17) is 10.8 Å². The molecule has 0 aliphatic heterocycles. The number of nitrogens with two attached hydrogens (primary N) is 1. The van der Waals surface area contributed by atoms with Gasteiger partial charge >= 0.3 is 0 Å². The standard InChI is InChI=1S/C24H20FN5O/c1-2-20(31)17-11-10-15(12-18(17)25)22-21-23(26)27-13-28-24(21)30(29-22)19-9-5-7-14-6-3-4-8-16(14)19/h2-4,6,8,10-13,19H,1,5,7,9H2,(H2,26,27,28). The highest BCUT2D eigenvalue weighted by molar-refractivity contribution is 6.05. The van der Waals surface area contributed by atoms with Crippen molar-refractivity contribution in [3.05, 3.63) is 84.0 Å². The predicted molar refractivity (Wildman–Crippen MR) is 117 cm³/mol. The Morgan fingerprint density at radius 1 is 1.23 bits per heavy atom. The van der Waals surface area contributed by atoms with Gasteiger partial charge in [0, 0.05) is 5.56 Å². The summed E-state index contributed by atoms with van der Waals surface area (Å²) in [6.07, 6.45) is 5.49. The van der Waals surface area contributed by atoms with Crippen LogP contribution in [0.2, 0.25) is 0 Å². The van der Waals surface area contributed by atoms with Crippen molar-refractivity contribution in [1.82, 2.24) is 19.7 Å². The zero-order valence-electron chi connectivity index (χ0n) is 16.8. The molecule has 1 atom stereocenters. The van der Waals surface area contributed by atoms with Crippen molar-refractivity contribution in [3.8, 4) is 11.3 Å². The molecule has 0 bridgehead atoms. The first-order valence-electron chi connectivity index (χ1n) is 10.1. The highest BCUT2D eigenvalue weighted by Crippen LogP contribution is 2.38. The number of anilines is 1. The first kappa shape index (κ1) is 19.1. The molecule has 5 rings (SSSR count). The van der Waals surface area contributed by atoms with Crippen LogP contribution in [0.25, 0.3) is 22.3 Å². The normalized spacial score (nSPS) is 15.6. The van der Waals surface area contributed by atoms with Gasteiger partial charge in [-0.3, -0.25) is 4.79 Å². The summed E-state index contributed by atoms with van der Waals surface area (Å²) in [4.78, 5) is 20.5. The van der Waals surface area contributed by atoms with Gasteiger partial charge in [-0.25, -0.2) is 19.0 Å². The van der Waals surface area contributed by atoms with E-state index in [0.29, 0.717) is 22.3 Å². The van der Waals surface area contributed by atoms with Gasteiger partial charge in [-0.1, -0.05) is 36.9 Å². The average Bonchev–Trinajstić information content (AvgIpc) is 3.19. The Hall–Kier alpha value is -3.87. The fourth-order valence-corrected chi connectivity index (χ4v) is 4.37. The second-order valence-electron chi connectivity index (χ2n) is 7.62. The zero-order chi connectivity index (χ0) is 21.5. The summed E-state index contributed by atoms with van der Waals surface area (Å²) in [5, 5.41) is 5.42. The summed E-state index contributed by atoms with van der Waals surface area (Å²) in [6.45, 7) is 3.42. The maximum absolute atomic E-state index is 14.7. The van der Waals surface area contributed by atoms with Gasteiger partial charge in [0.2, 0.25) is 0 Å². The van der Waals surface area contributed by atoms with E-state index in [-0.39, 0.29) is 17.4 Å². The Labute approximate surface area is 178 Å². The van der Waals surface area contributed by atoms with Crippen LogP contribution in [0.1, 0.15) is 40.4 Å². The number of nitrogen functional groups attached to an aromatic ring is 1. The predicted octanol–water partition coefficient (Wildman–Crippen LogP) is 4.51. The quantitative estimate of drug-likeness (QED) is 0.393. The summed E-state index contributed by atoms with van der Waals surface area (Å²) in [7, 11) is 0. The van der Waals surface area contributed by atoms with Crippen LogP contribution in [0.3, 0.4) is 0 Å². The largest absolute Gasteiger partial charge is 0.383 e. The molecule has 0 radical (unpaired) electrons. The zero-order valence-corrected chi connectivity index (χ0v) is 16.8. The minimum Gasteiger partial charge on any atom is -0.383 e. The Kier molecular flexibility index (Phi) is 4.58. The maximum Gasteiger partial charge on any atom is 0.188 e. The lowest BCUT2D eigenvalue weighted by atomic mass is 9.88. The maximum atomic E-state index is 14.7. The third-order valence-corrected chi connectivity index (χ3v) is 5.84. The molecule has 1 aliphatic carbocycles. The number of carbonyl (C=O) groups excluding carboxylic acids is 1. The number of ketones is 1. The molecule has 0 saturated heterocycles. The number of nitrogens with zero attached hydrogens (tertiary/aromatic N) is 4. The van der Waals surface area contributed by atoms with E-state index in [1.54, 1.807) is 6.07 Å². The molecule has 7 heteroatoms. The SMILES string of the molecule is C=CC(=O)c1ccc(-c2nn(C3CCCc4ccccc43)c3ncnc(N)c23)cc1F. The van der Waals surface area contributed by atoms with Crippen molar-refractivity contribution in [2.45, 2.75) is 25.3 Å². The molecular formula is C24H20FN5O. The van der Waals surface area contributed by atoms with Gasteiger partial charge in [-0.15, -0.1) is 0 Å². The van der Waals surface area contributed by atoms with Crippen LogP contribution in [0.4, 0.5) is 10.2 Å². The highest BCUT2D eigenvalue weighted by atomic mass is 19.1. The Morgan fingerprint density at radius 3 is 2.87 bits per heavy atom. The number of benzene rings is 2. The smallest absolute Gasteiger partial charge is 0.188 e. The van der Waals surface area contributed by atoms with Gasteiger partial charge < -0.3 is 5.73 Å². The molecule has 0 fully saturated rings. The van der Waals surface area contributed by atoms with Crippen molar-refractivity contribution in [1.29, 1.82) is 0 Å². The number of hydrogen-bond acceptors (Lipinski definition) is 5. The highest BCUT2D eigenvalue weighted by Gasteiger charge is 2.27. The summed E-state index contributed by atoms with van der Waals surface area (Å²) in [6, 6.07) is 12.7. The van der Waals surface area contributed by atoms with Crippen molar-refractivity contribution in [2.24, 2.45) is 0 Å². The number of rotatable bonds is 4. The molecule has 1 aliphatic rings. The molecular weight excluding hydrogens is 393 g/mol. The minimum atomic E-state index is -0.636. The van der Waals surface area contributed by atoms with Crippen LogP contribution in [0.5, 0.6) is 0 Å². The van der Waals surface area contributed by atoms with Gasteiger partial charge in [0.1, 0.15) is 23.7 Å². The molecule has 2 heterocycles. The number of aromatic nitrogens is 4. The van der Waals surface area contributed by atoms with E-state index in [9.17, 15) is 9.18 Å². The topological polar surface area (TPSA) is 86.7 Å². The average molecular weight is 413 g/mol. The van der Waals surface area contributed by atoms with Crippen molar-refractivity contribution >= 4 is 22.6 Å². The summed E-state index contributed by atoms with van der Waals surface area (Å²) in [5.74, 6) is -0.827. The van der Waals surface area contributed by atoms with Crippen molar-refractivity contribution < 1.29 is 9.18 Å². The fraction of sp³-hybridized carbons (Fsp3) is 0.167. The second kappa shape index (κ2) is 7.43. The third-order valence-electron chi connectivity index (χ3n) is 5.84. The van der Waals surface area contributed by atoms with E-state index >= 15 is 0 Å². The van der Waals surface area contributed by atoms with E-state index in [2.05, 4.69) is 28.7 Å². The van der Waals surface area contributed by atoms with E-state index in [0.717, 1.165) is 25.3 Å². The first-order chi connectivity index (χ1) is 15.1. The lowest BCUT2D eigenvalue weighted by molar-refractivity contribution is 0.104. The summed E-state index contributed by atoms with van der Waals surface area (Å²) in [5.41, 5.74) is 10.3. The molecule has 6 nitrogen and oxygen atoms in total. The number of halogens is 1. The molecule has 2 aromatic carbocycles. The first-order valence-corrected chi connectivity index (χ1v) is 10.1. The molecule has 2 N–H and O–H groups in total. The van der Waals surface area contributed by atoms with Crippen LogP contribution in [0, 0.1) is 5.82 Å². The molecule has 154 valence electrons. The monoisotopic (exact) mass is 413 g/mol. The molecule has 2 aromatic heterocycles. The second-order valence-corrected chi connectivity index (χ2v) is 7.62. The summed E-state index contributed by atoms with van der Waals surface area (Å²) < 4.78 is 16.5. The van der Waals surface area contributed by atoms with E-state index < -0.39 is 11.6 Å². The number of aryl methyl sites for hydroxylation is 1. The van der Waals surface area contributed by atoms with Crippen LogP contribution >= 0.6 is 0 Å². The van der Waals surface area contributed by atoms with Gasteiger partial charge in [0.15, 0.2) is 11.4 Å². The minimum absolute atomic E-state index is 0.00182. The molecule has 31 heavy (non-hydrogen) atoms. The van der Waals surface area contributed by atoms with E-state index in [1.807, 2.05) is 16.8 Å². The number of fused-ring (bicyclic) bond motifs is 2. The lowest BCUT2D eigenvalue weighted by Crippen LogP contribution is -2.18. The van der Waals surface area contributed by atoms with Gasteiger partial charge in [-0.2, -0.15) is 5.10 Å². The molecule has 0 amide bonds. The Bertz CT molecular complexity index is 1340. The lowest BCUT2D eigenvalue weighted by Gasteiger charge is -2.26. The number of carbonyl (C=O) groups is 1. The Morgan fingerprint density at radius 2 is 2.06 bits per heavy atom. The molecule has 1 unspecified atom stereocenters. The summed E-state index contributed by atoms with van der Waals surface area (Å²) >= 11 is 0. The Balaban J connectivity index is 1.71. The number of hydrogen-bond donors (Lipinski definition) is 1. The third kappa shape index (κ3) is 3.09. The van der Waals surface area contributed by atoms with Crippen molar-refractivity contribution in [3.63, 3.8) is 0 Å². The van der Waals surface area contributed by atoms with Gasteiger partial charge in [-0.05, 0) is 48.6 Å². The van der Waals surface area contributed by atoms with Crippen LogP contribution in [-0.2, 0) is 6.42 Å². The van der Waals surface area contributed by atoms with Gasteiger partial charge in [0.05, 0.1) is 17.0 Å². The number of allylic oxidation sites excluding steroid dienone is 1. The van der Waals surface area contributed by atoms with Gasteiger partial charge in [0.25, 0.3) is 0 Å². The van der Waals surface area contributed by atoms with Crippen LogP contribution in [-0.4, -0.2) is 25.5 Å². The fourth-order valence-electron chi connectivity index (χ4n) is 4.37. The van der Waals surface area contributed by atoms with E-state index in [1.165, 1.54) is 29.6 Å². The molecule has 0 saturated carbocycles. The molecule has 4 aromatic rings. The van der Waals surface area contributed by atoms with Crippen LogP contribution in [0.15, 0.2) is 61.4 Å².